The van der Waals surface area contributed by atoms with Crippen LogP contribution in [0.5, 0.6) is 0 Å². The number of fused-ring (bicyclic) bond motifs is 5. The molecule has 0 radical (unpaired) electrons. The Morgan fingerprint density at radius 2 is 0.909 bits per heavy atom. The van der Waals surface area contributed by atoms with Gasteiger partial charge in [-0.15, -0.1) is 49.6 Å². The van der Waals surface area contributed by atoms with Gasteiger partial charge in [-0.1, -0.05) is 37.1 Å². The zero-order chi connectivity index (χ0) is 27.3. The summed E-state index contributed by atoms with van der Waals surface area (Å²) in [6.07, 6.45) is 10.5. The number of nitrogens with zero attached hydrogens (tertiary/aromatic N) is 4. The van der Waals surface area contributed by atoms with Crippen LogP contribution in [0.1, 0.15) is 62.8 Å². The van der Waals surface area contributed by atoms with Crippen LogP contribution in [0.3, 0.4) is 0 Å². The molecule has 4 aromatic rings. The number of hydrogen-bond donors (Lipinski definition) is 2. The maximum Gasteiger partial charge on any atom is 0.0805 e. The highest BCUT2D eigenvalue weighted by Crippen LogP contribution is 2.35. The number of halogens is 4. The highest BCUT2D eigenvalue weighted by Gasteiger charge is 2.14. The van der Waals surface area contributed by atoms with E-state index in [9.17, 15) is 0 Å². The average molecular weight is 685 g/mol. The van der Waals surface area contributed by atoms with E-state index in [1.165, 1.54) is 111 Å². The van der Waals surface area contributed by atoms with Crippen molar-refractivity contribution in [1.29, 1.82) is 0 Å². The molecule has 2 N–H and O–H groups in total. The largest absolute Gasteiger partial charge is 0.384 e. The van der Waals surface area contributed by atoms with Crippen molar-refractivity contribution in [3.05, 3.63) is 47.8 Å². The SMILES string of the molecule is Cc1cc(NCCCN2CCCCC2)c2ccc3c(ccc4c(NCCCN5CCCCC5)cc(C)nc43)c2n1.Cl.Cl.Cl.Cl. The Labute approximate surface area is 288 Å². The summed E-state index contributed by atoms with van der Waals surface area (Å²) in [7, 11) is 0. The second-order valence-electron chi connectivity index (χ2n) is 12.0. The molecule has 0 spiro atoms. The molecule has 0 aliphatic carbocycles. The Balaban J connectivity index is 0.00000169. The molecule has 2 aliphatic rings. The second-order valence-corrected chi connectivity index (χ2v) is 12.0. The molecule has 2 aromatic heterocycles. The van der Waals surface area contributed by atoms with E-state index in [0.717, 1.165) is 48.4 Å². The van der Waals surface area contributed by atoms with Crippen molar-refractivity contribution in [2.45, 2.75) is 65.2 Å². The van der Waals surface area contributed by atoms with Crippen LogP contribution in [0.15, 0.2) is 36.4 Å². The van der Waals surface area contributed by atoms with E-state index in [4.69, 9.17) is 9.97 Å². The first kappa shape index (κ1) is 38.4. The number of nitrogens with one attached hydrogen (secondary N) is 2. The predicted octanol–water partition coefficient (Wildman–Crippen LogP) is 8.82. The van der Waals surface area contributed by atoms with E-state index in [2.05, 4.69) is 70.7 Å². The highest BCUT2D eigenvalue weighted by molar-refractivity contribution is 6.18. The molecule has 6 nitrogen and oxygen atoms in total. The van der Waals surface area contributed by atoms with Crippen LogP contribution >= 0.6 is 49.6 Å². The van der Waals surface area contributed by atoms with Gasteiger partial charge in [0.25, 0.3) is 0 Å². The molecule has 0 unspecified atom stereocenters. The molecule has 0 bridgehead atoms. The first-order valence-electron chi connectivity index (χ1n) is 15.7. The molecule has 2 aromatic carbocycles. The first-order valence-corrected chi connectivity index (χ1v) is 15.7. The fraction of sp³-hybridized carbons (Fsp3) is 0.529. The van der Waals surface area contributed by atoms with Crippen LogP contribution < -0.4 is 10.6 Å². The Kier molecular flexibility index (Phi) is 16.0. The van der Waals surface area contributed by atoms with E-state index in [1.807, 2.05) is 0 Å². The van der Waals surface area contributed by atoms with E-state index in [1.54, 1.807) is 0 Å². The van der Waals surface area contributed by atoms with Crippen LogP contribution in [0.25, 0.3) is 32.6 Å². The molecule has 2 aliphatic heterocycles. The molecule has 4 heterocycles. The third kappa shape index (κ3) is 9.14. The number of piperidine rings is 2. The summed E-state index contributed by atoms with van der Waals surface area (Å²) < 4.78 is 0. The number of hydrogen-bond acceptors (Lipinski definition) is 6. The molecule has 6 rings (SSSR count). The van der Waals surface area contributed by atoms with Crippen LogP contribution in [0.4, 0.5) is 11.4 Å². The summed E-state index contributed by atoms with van der Waals surface area (Å²) in [5.41, 5.74) is 6.61. The Morgan fingerprint density at radius 3 is 1.30 bits per heavy atom. The minimum Gasteiger partial charge on any atom is -0.384 e. The maximum atomic E-state index is 5.03. The number of aryl methyl sites for hydroxylation is 2. The first-order chi connectivity index (χ1) is 19.7. The molecule has 0 saturated carbocycles. The van der Waals surface area contributed by atoms with Gasteiger partial charge in [0.15, 0.2) is 0 Å². The maximum absolute atomic E-state index is 5.03. The smallest absolute Gasteiger partial charge is 0.0805 e. The van der Waals surface area contributed by atoms with Gasteiger partial charge in [0, 0.05) is 57.4 Å². The van der Waals surface area contributed by atoms with Gasteiger partial charge in [-0.05, 0) is 104 Å². The normalized spacial score (nSPS) is 15.6. The Bertz CT molecular complexity index is 1360. The summed E-state index contributed by atoms with van der Waals surface area (Å²) in [5, 5.41) is 12.2. The van der Waals surface area contributed by atoms with Crippen molar-refractivity contribution < 1.29 is 0 Å². The van der Waals surface area contributed by atoms with E-state index >= 15 is 0 Å². The van der Waals surface area contributed by atoms with Crippen molar-refractivity contribution in [1.82, 2.24) is 19.8 Å². The summed E-state index contributed by atoms with van der Waals surface area (Å²) >= 11 is 0. The number of benzene rings is 2. The molecule has 2 fully saturated rings. The third-order valence-electron chi connectivity index (χ3n) is 8.84. The molecule has 2 saturated heterocycles. The standard InChI is InChI=1S/C34H46N6.4ClH/c1-25-23-31(35-15-9-21-39-17-5-3-6-18-39)29-13-12-28-27(33(29)37-25)11-14-30-32(24-26(2)38-34(28)30)36-16-10-22-40-19-7-4-8-20-40;;;;/h11-14,23-24H,3-10,15-22H2,1-2H3,(H,35,37)(H,36,38);4*1H. The molecular formula is C34H50Cl4N6. The van der Waals surface area contributed by atoms with E-state index in [-0.39, 0.29) is 49.6 Å². The number of likely N-dealkylation sites (tertiary alicyclic amines) is 2. The van der Waals surface area contributed by atoms with Gasteiger partial charge in [0.2, 0.25) is 0 Å². The van der Waals surface area contributed by atoms with Gasteiger partial charge in [-0.25, -0.2) is 0 Å². The Morgan fingerprint density at radius 1 is 0.545 bits per heavy atom. The lowest BCUT2D eigenvalue weighted by Gasteiger charge is -2.26. The minimum atomic E-state index is 0. The summed E-state index contributed by atoms with van der Waals surface area (Å²) in [5.74, 6) is 0. The summed E-state index contributed by atoms with van der Waals surface area (Å²) in [6.45, 7) is 13.6. The molecule has 0 amide bonds. The van der Waals surface area contributed by atoms with Crippen molar-refractivity contribution in [3.8, 4) is 0 Å². The number of rotatable bonds is 10. The van der Waals surface area contributed by atoms with Crippen molar-refractivity contribution in [2.75, 3.05) is 63.0 Å². The zero-order valence-electron chi connectivity index (χ0n) is 26.2. The fourth-order valence-corrected chi connectivity index (χ4v) is 6.75. The van der Waals surface area contributed by atoms with Gasteiger partial charge in [-0.2, -0.15) is 0 Å². The summed E-state index contributed by atoms with van der Waals surface area (Å²) in [4.78, 5) is 15.3. The fourth-order valence-electron chi connectivity index (χ4n) is 6.75. The molecular weight excluding hydrogens is 634 g/mol. The number of pyridine rings is 2. The number of anilines is 2. The van der Waals surface area contributed by atoms with Gasteiger partial charge in [0.05, 0.1) is 11.0 Å². The quantitative estimate of drug-likeness (QED) is 0.129. The van der Waals surface area contributed by atoms with Crippen molar-refractivity contribution in [2.24, 2.45) is 0 Å². The third-order valence-corrected chi connectivity index (χ3v) is 8.84. The average Bonchev–Trinajstić information content (AvgIpc) is 2.98. The lowest BCUT2D eigenvalue weighted by molar-refractivity contribution is 0.228. The van der Waals surface area contributed by atoms with Crippen LogP contribution in [-0.4, -0.2) is 72.1 Å². The molecule has 10 heteroatoms. The Hall–Kier alpha value is -1.80. The zero-order valence-corrected chi connectivity index (χ0v) is 29.5. The lowest BCUT2D eigenvalue weighted by Crippen LogP contribution is -2.31. The van der Waals surface area contributed by atoms with Crippen LogP contribution in [0, 0.1) is 13.8 Å². The minimum absolute atomic E-state index is 0. The van der Waals surface area contributed by atoms with E-state index < -0.39 is 0 Å². The van der Waals surface area contributed by atoms with Gasteiger partial charge in [-0.3, -0.25) is 9.97 Å². The van der Waals surface area contributed by atoms with Crippen LogP contribution in [0.2, 0.25) is 0 Å². The molecule has 0 atom stereocenters. The predicted molar refractivity (Wildman–Crippen MR) is 200 cm³/mol. The van der Waals surface area contributed by atoms with Gasteiger partial charge in [0.1, 0.15) is 0 Å². The van der Waals surface area contributed by atoms with Gasteiger partial charge < -0.3 is 20.4 Å². The van der Waals surface area contributed by atoms with Crippen molar-refractivity contribution >= 4 is 93.6 Å². The van der Waals surface area contributed by atoms with E-state index in [0.29, 0.717) is 0 Å². The molecule has 44 heavy (non-hydrogen) atoms. The monoisotopic (exact) mass is 682 g/mol. The number of aromatic nitrogens is 2. The topological polar surface area (TPSA) is 56.3 Å². The summed E-state index contributed by atoms with van der Waals surface area (Å²) in [6, 6.07) is 13.4. The van der Waals surface area contributed by atoms with Crippen LogP contribution in [-0.2, 0) is 0 Å². The highest BCUT2D eigenvalue weighted by atomic mass is 35.5. The second kappa shape index (κ2) is 18.4. The van der Waals surface area contributed by atoms with Gasteiger partial charge >= 0.3 is 0 Å². The van der Waals surface area contributed by atoms with Crippen molar-refractivity contribution in [3.63, 3.8) is 0 Å². The lowest BCUT2D eigenvalue weighted by atomic mass is 10.0. The molecule has 244 valence electrons.